The summed E-state index contributed by atoms with van der Waals surface area (Å²) in [6.45, 7) is 0.369. The molecule has 1 saturated heterocycles. The van der Waals surface area contributed by atoms with Gasteiger partial charge in [0, 0.05) is 19.8 Å². The van der Waals surface area contributed by atoms with Crippen LogP contribution in [0.3, 0.4) is 0 Å². The van der Waals surface area contributed by atoms with Crippen molar-refractivity contribution < 1.29 is 18.3 Å². The lowest BCUT2D eigenvalue weighted by Gasteiger charge is -2.36. The summed E-state index contributed by atoms with van der Waals surface area (Å²) in [6, 6.07) is 0. The fraction of sp³-hybridized carbons (Fsp3) is 0.750. The fourth-order valence-electron chi connectivity index (χ4n) is 2.23. The van der Waals surface area contributed by atoms with E-state index in [1.54, 1.807) is 7.05 Å². The maximum absolute atomic E-state index is 12.2. The van der Waals surface area contributed by atoms with Gasteiger partial charge >= 0.3 is 0 Å². The highest BCUT2D eigenvalue weighted by Crippen LogP contribution is 2.30. The van der Waals surface area contributed by atoms with Crippen LogP contribution in [0.2, 0.25) is 0 Å². The topological polar surface area (TPSA) is 93.5 Å². The monoisotopic (exact) mass is 335 g/mol. The Morgan fingerprint density at radius 2 is 2.24 bits per heavy atom. The van der Waals surface area contributed by atoms with Crippen molar-refractivity contribution in [2.75, 3.05) is 31.3 Å². The molecule has 1 aromatic heterocycles. The van der Waals surface area contributed by atoms with Gasteiger partial charge in [-0.1, -0.05) is 0 Å². The standard InChI is InChI=1S/C12H21N3O4S2/c1-15-9-11(8-13-15)21(17,18)14-10-12(19-5-4-16)2-6-20-7-3-12/h8-9,14,16H,2-7,10H2,1H3. The van der Waals surface area contributed by atoms with Crippen LogP contribution in [0.5, 0.6) is 0 Å². The second-order valence-electron chi connectivity index (χ2n) is 5.04. The number of sulfonamides is 1. The lowest BCUT2D eigenvalue weighted by molar-refractivity contribution is -0.0591. The smallest absolute Gasteiger partial charge is 0.243 e. The van der Waals surface area contributed by atoms with Crippen LogP contribution in [-0.4, -0.2) is 60.2 Å². The molecular weight excluding hydrogens is 314 g/mol. The van der Waals surface area contributed by atoms with E-state index in [1.165, 1.54) is 17.1 Å². The SMILES string of the molecule is Cn1cc(S(=O)(=O)NCC2(OCCO)CCSCC2)cn1. The molecule has 0 unspecified atom stereocenters. The molecule has 120 valence electrons. The predicted octanol–water partition coefficient (Wildman–Crippen LogP) is -0.0269. The number of nitrogens with zero attached hydrogens (tertiary/aromatic N) is 2. The summed E-state index contributed by atoms with van der Waals surface area (Å²) < 4.78 is 34.3. The maximum atomic E-state index is 12.2. The van der Waals surface area contributed by atoms with Gasteiger partial charge < -0.3 is 9.84 Å². The van der Waals surface area contributed by atoms with Crippen molar-refractivity contribution in [3.63, 3.8) is 0 Å². The molecule has 0 saturated carbocycles. The maximum Gasteiger partial charge on any atom is 0.243 e. The number of aromatic nitrogens is 2. The minimum Gasteiger partial charge on any atom is -0.394 e. The third kappa shape index (κ3) is 4.43. The summed E-state index contributed by atoms with van der Waals surface area (Å²) in [5.74, 6) is 1.86. The first-order valence-electron chi connectivity index (χ1n) is 6.78. The molecule has 2 heterocycles. The van der Waals surface area contributed by atoms with E-state index in [9.17, 15) is 8.42 Å². The molecule has 1 aliphatic heterocycles. The highest BCUT2D eigenvalue weighted by atomic mass is 32.2. The van der Waals surface area contributed by atoms with E-state index in [4.69, 9.17) is 9.84 Å². The summed E-state index contributed by atoms with van der Waals surface area (Å²) in [7, 11) is -1.91. The molecule has 2 N–H and O–H groups in total. The highest BCUT2D eigenvalue weighted by Gasteiger charge is 2.34. The summed E-state index contributed by atoms with van der Waals surface area (Å²) in [5, 5.41) is 12.8. The minimum absolute atomic E-state index is 0.0652. The van der Waals surface area contributed by atoms with Gasteiger partial charge in [0.15, 0.2) is 0 Å². The van der Waals surface area contributed by atoms with Crippen LogP contribution in [0, 0.1) is 0 Å². The van der Waals surface area contributed by atoms with Crippen molar-refractivity contribution in [2.45, 2.75) is 23.3 Å². The zero-order valence-corrected chi connectivity index (χ0v) is 13.6. The van der Waals surface area contributed by atoms with E-state index in [1.807, 2.05) is 11.8 Å². The minimum atomic E-state index is -3.58. The van der Waals surface area contributed by atoms with E-state index in [-0.39, 0.29) is 24.7 Å². The van der Waals surface area contributed by atoms with Gasteiger partial charge in [-0.3, -0.25) is 4.68 Å². The fourth-order valence-corrected chi connectivity index (χ4v) is 4.56. The van der Waals surface area contributed by atoms with Crippen LogP contribution in [0.4, 0.5) is 0 Å². The molecule has 0 aliphatic carbocycles. The van der Waals surface area contributed by atoms with Crippen LogP contribution in [0.25, 0.3) is 0 Å². The van der Waals surface area contributed by atoms with E-state index < -0.39 is 15.6 Å². The zero-order chi connectivity index (χ0) is 15.3. The molecule has 0 amide bonds. The first kappa shape index (κ1) is 16.8. The van der Waals surface area contributed by atoms with Gasteiger partial charge in [0.05, 0.1) is 25.0 Å². The van der Waals surface area contributed by atoms with E-state index in [0.717, 1.165) is 24.3 Å². The summed E-state index contributed by atoms with van der Waals surface area (Å²) in [6.07, 6.45) is 4.32. The van der Waals surface area contributed by atoms with Gasteiger partial charge in [0.25, 0.3) is 0 Å². The molecule has 1 fully saturated rings. The number of aryl methyl sites for hydroxylation is 1. The number of aliphatic hydroxyl groups excluding tert-OH is 1. The van der Waals surface area contributed by atoms with Gasteiger partial charge in [-0.25, -0.2) is 13.1 Å². The number of aliphatic hydroxyl groups is 1. The third-order valence-corrected chi connectivity index (χ3v) is 5.82. The third-order valence-electron chi connectivity index (χ3n) is 3.48. The molecule has 1 aliphatic rings. The van der Waals surface area contributed by atoms with Crippen molar-refractivity contribution in [3.05, 3.63) is 12.4 Å². The quantitative estimate of drug-likeness (QED) is 0.727. The molecule has 7 nitrogen and oxygen atoms in total. The Labute approximate surface area is 129 Å². The molecule has 0 radical (unpaired) electrons. The van der Waals surface area contributed by atoms with Crippen LogP contribution < -0.4 is 4.72 Å². The molecular formula is C12H21N3O4S2. The van der Waals surface area contributed by atoms with Crippen molar-refractivity contribution in [3.8, 4) is 0 Å². The van der Waals surface area contributed by atoms with Gasteiger partial charge in [0.2, 0.25) is 10.0 Å². The zero-order valence-electron chi connectivity index (χ0n) is 12.0. The molecule has 21 heavy (non-hydrogen) atoms. The van der Waals surface area contributed by atoms with Crippen molar-refractivity contribution >= 4 is 21.8 Å². The lowest BCUT2D eigenvalue weighted by atomic mass is 9.97. The van der Waals surface area contributed by atoms with Gasteiger partial charge in [-0.05, 0) is 24.3 Å². The molecule has 0 aromatic carbocycles. The van der Waals surface area contributed by atoms with Gasteiger partial charge in [0.1, 0.15) is 4.90 Å². The van der Waals surface area contributed by atoms with Crippen molar-refractivity contribution in [2.24, 2.45) is 7.05 Å². The molecule has 1 aromatic rings. The number of thioether (sulfide) groups is 1. The second kappa shape index (κ2) is 7.10. The Kier molecular flexibility index (Phi) is 5.67. The average Bonchev–Trinajstić information content (AvgIpc) is 2.92. The van der Waals surface area contributed by atoms with Gasteiger partial charge in [-0.15, -0.1) is 0 Å². The largest absolute Gasteiger partial charge is 0.394 e. The average molecular weight is 335 g/mol. The first-order chi connectivity index (χ1) is 9.97. The number of rotatable bonds is 7. The van der Waals surface area contributed by atoms with Crippen LogP contribution in [0.1, 0.15) is 12.8 Å². The Hall–Kier alpha value is -0.610. The number of nitrogens with one attached hydrogen (secondary N) is 1. The Bertz CT molecular complexity index is 553. The van der Waals surface area contributed by atoms with Crippen LogP contribution >= 0.6 is 11.8 Å². The predicted molar refractivity (Wildman–Crippen MR) is 80.7 cm³/mol. The van der Waals surface area contributed by atoms with E-state index in [0.29, 0.717) is 0 Å². The first-order valence-corrected chi connectivity index (χ1v) is 9.42. The Balaban J connectivity index is 2.03. The lowest BCUT2D eigenvalue weighted by Crippen LogP contribution is -2.47. The summed E-state index contributed by atoms with van der Waals surface area (Å²) >= 11 is 1.83. The Morgan fingerprint density at radius 1 is 1.52 bits per heavy atom. The normalized spacial score (nSPS) is 18.8. The molecule has 0 bridgehead atoms. The van der Waals surface area contributed by atoms with Crippen LogP contribution in [-0.2, 0) is 21.8 Å². The summed E-state index contributed by atoms with van der Waals surface area (Å²) in [5.41, 5.74) is -0.525. The number of ether oxygens (including phenoxy) is 1. The molecule has 2 rings (SSSR count). The van der Waals surface area contributed by atoms with Crippen molar-refractivity contribution in [1.29, 1.82) is 0 Å². The Morgan fingerprint density at radius 3 is 2.81 bits per heavy atom. The van der Waals surface area contributed by atoms with Crippen LogP contribution in [0.15, 0.2) is 17.3 Å². The number of hydrogen-bond acceptors (Lipinski definition) is 6. The van der Waals surface area contributed by atoms with Crippen molar-refractivity contribution in [1.82, 2.24) is 14.5 Å². The molecule has 9 heteroatoms. The molecule has 0 atom stereocenters. The number of hydrogen-bond donors (Lipinski definition) is 2. The molecule has 0 spiro atoms. The second-order valence-corrected chi connectivity index (χ2v) is 8.03. The summed E-state index contributed by atoms with van der Waals surface area (Å²) in [4.78, 5) is 0.146. The highest BCUT2D eigenvalue weighted by molar-refractivity contribution is 7.99. The van der Waals surface area contributed by atoms with E-state index >= 15 is 0 Å². The van der Waals surface area contributed by atoms with E-state index in [2.05, 4.69) is 9.82 Å². The van der Waals surface area contributed by atoms with Gasteiger partial charge in [-0.2, -0.15) is 16.9 Å².